The molecule has 1 aromatic carbocycles. The largest absolute Gasteiger partial charge is 0.298 e. The van der Waals surface area contributed by atoms with Crippen molar-refractivity contribution in [1.82, 2.24) is 0 Å². The monoisotopic (exact) mass is 309 g/mol. The molecule has 0 heterocycles. The molecule has 106 valence electrons. The molecule has 1 saturated carbocycles. The molecule has 0 N–H and O–H groups in total. The number of rotatable bonds is 3. The molecule has 0 spiro atoms. The zero-order valence-corrected chi connectivity index (χ0v) is 13.1. The summed E-state index contributed by atoms with van der Waals surface area (Å²) in [7, 11) is 0. The molecular formula is C16H17Cl2NO. The minimum Gasteiger partial charge on any atom is -0.298 e. The first kappa shape index (κ1) is 15.4. The Hall–Kier alpha value is -1.04. The molecule has 0 bridgehead atoms. The van der Waals surface area contributed by atoms with Crippen LogP contribution in [0.4, 0.5) is 0 Å². The molecule has 0 radical (unpaired) electrons. The first-order valence-electron chi connectivity index (χ1n) is 6.75. The van der Waals surface area contributed by atoms with Gasteiger partial charge in [-0.05, 0) is 36.0 Å². The van der Waals surface area contributed by atoms with E-state index >= 15 is 0 Å². The van der Waals surface area contributed by atoms with Crippen molar-refractivity contribution < 1.29 is 4.79 Å². The maximum atomic E-state index is 12.7. The molecule has 1 aliphatic carbocycles. The summed E-state index contributed by atoms with van der Waals surface area (Å²) in [5.41, 5.74) is 0.525. The van der Waals surface area contributed by atoms with Gasteiger partial charge in [0.2, 0.25) is 0 Å². The van der Waals surface area contributed by atoms with Crippen LogP contribution in [0.25, 0.3) is 0 Å². The number of Topliss-reactive ketones (excluding diaryl/α,β-unsaturated/α-hetero) is 1. The van der Waals surface area contributed by atoms with Gasteiger partial charge in [0.15, 0.2) is 5.78 Å². The number of nitrogens with zero attached hydrogens (tertiary/aromatic N) is 1. The molecule has 20 heavy (non-hydrogen) atoms. The van der Waals surface area contributed by atoms with Crippen molar-refractivity contribution in [3.05, 3.63) is 33.8 Å². The molecule has 4 heteroatoms. The summed E-state index contributed by atoms with van der Waals surface area (Å²) < 4.78 is 0. The number of carbonyl (C=O) groups is 1. The van der Waals surface area contributed by atoms with Crippen LogP contribution >= 0.6 is 23.2 Å². The number of halogens is 2. The number of hydrogen-bond acceptors (Lipinski definition) is 2. The summed E-state index contributed by atoms with van der Waals surface area (Å²) in [6.45, 7) is 4.20. The molecule has 0 aliphatic heterocycles. The first-order valence-corrected chi connectivity index (χ1v) is 7.50. The Bertz CT molecular complexity index is 574. The van der Waals surface area contributed by atoms with Gasteiger partial charge in [-0.2, -0.15) is 5.26 Å². The van der Waals surface area contributed by atoms with Gasteiger partial charge in [0, 0.05) is 16.0 Å². The van der Waals surface area contributed by atoms with Crippen LogP contribution in [0.2, 0.25) is 10.0 Å². The maximum absolute atomic E-state index is 12.7. The lowest BCUT2D eigenvalue weighted by Crippen LogP contribution is -2.29. The molecule has 2 atom stereocenters. The van der Waals surface area contributed by atoms with Crippen molar-refractivity contribution in [2.45, 2.75) is 39.0 Å². The molecule has 1 aromatic rings. The van der Waals surface area contributed by atoms with Crippen molar-refractivity contribution in [2.75, 3.05) is 0 Å². The normalized spacial score (nSPS) is 22.2. The summed E-state index contributed by atoms with van der Waals surface area (Å²) in [6.07, 6.45) is 2.92. The second-order valence-electron chi connectivity index (χ2n) is 6.06. The highest BCUT2D eigenvalue weighted by Gasteiger charge is 2.42. The van der Waals surface area contributed by atoms with Crippen molar-refractivity contribution in [1.29, 1.82) is 5.26 Å². The second kappa shape index (κ2) is 5.76. The number of hydrogen-bond donors (Lipinski definition) is 0. The SMILES string of the molecule is CC1(C)CCCC1C(=O)C(C#N)c1ccc(Cl)cc1Cl. The van der Waals surface area contributed by atoms with E-state index in [0.29, 0.717) is 15.6 Å². The van der Waals surface area contributed by atoms with Gasteiger partial charge in [-0.15, -0.1) is 0 Å². The summed E-state index contributed by atoms with van der Waals surface area (Å²) >= 11 is 12.0. The highest BCUT2D eigenvalue weighted by molar-refractivity contribution is 6.35. The van der Waals surface area contributed by atoms with Crippen molar-refractivity contribution >= 4 is 29.0 Å². The second-order valence-corrected chi connectivity index (χ2v) is 6.91. The third-order valence-electron chi connectivity index (χ3n) is 4.29. The summed E-state index contributed by atoms with van der Waals surface area (Å²) in [5.74, 6) is -0.889. The topological polar surface area (TPSA) is 40.9 Å². The van der Waals surface area contributed by atoms with Gasteiger partial charge in [-0.25, -0.2) is 0 Å². The highest BCUT2D eigenvalue weighted by atomic mass is 35.5. The summed E-state index contributed by atoms with van der Waals surface area (Å²) in [5, 5.41) is 10.3. The van der Waals surface area contributed by atoms with Crippen LogP contribution in [0.5, 0.6) is 0 Å². The Balaban J connectivity index is 2.33. The van der Waals surface area contributed by atoms with Crippen LogP contribution in [-0.2, 0) is 4.79 Å². The van der Waals surface area contributed by atoms with E-state index in [1.54, 1.807) is 18.2 Å². The van der Waals surface area contributed by atoms with Crippen LogP contribution in [0.1, 0.15) is 44.6 Å². The van der Waals surface area contributed by atoms with E-state index in [2.05, 4.69) is 19.9 Å². The van der Waals surface area contributed by atoms with E-state index in [4.69, 9.17) is 23.2 Å². The van der Waals surface area contributed by atoms with Crippen LogP contribution in [0, 0.1) is 22.7 Å². The molecule has 2 nitrogen and oxygen atoms in total. The Morgan fingerprint density at radius 3 is 2.65 bits per heavy atom. The average Bonchev–Trinajstić information content (AvgIpc) is 2.72. The van der Waals surface area contributed by atoms with Gasteiger partial charge in [-0.3, -0.25) is 4.79 Å². The zero-order valence-electron chi connectivity index (χ0n) is 11.6. The van der Waals surface area contributed by atoms with E-state index in [-0.39, 0.29) is 17.1 Å². The van der Waals surface area contributed by atoms with E-state index in [1.165, 1.54) is 0 Å². The zero-order chi connectivity index (χ0) is 14.9. The van der Waals surface area contributed by atoms with E-state index < -0.39 is 5.92 Å². The van der Waals surface area contributed by atoms with Gasteiger partial charge in [-0.1, -0.05) is 49.5 Å². The molecule has 1 fully saturated rings. The third kappa shape index (κ3) is 2.85. The standard InChI is InChI=1S/C16H17Cl2NO/c1-16(2)7-3-4-13(16)15(20)12(9-19)11-6-5-10(17)8-14(11)18/h5-6,8,12-13H,3-4,7H2,1-2H3. The molecule has 0 aromatic heterocycles. The third-order valence-corrected chi connectivity index (χ3v) is 4.85. The van der Waals surface area contributed by atoms with E-state index in [0.717, 1.165) is 19.3 Å². The number of ketones is 1. The number of benzene rings is 1. The minimum atomic E-state index is -0.804. The Kier molecular flexibility index (Phi) is 4.42. The number of nitriles is 1. The van der Waals surface area contributed by atoms with Crippen LogP contribution in [-0.4, -0.2) is 5.78 Å². The van der Waals surface area contributed by atoms with Crippen LogP contribution < -0.4 is 0 Å². The summed E-state index contributed by atoms with van der Waals surface area (Å²) in [4.78, 5) is 12.7. The van der Waals surface area contributed by atoms with Crippen molar-refractivity contribution in [3.8, 4) is 6.07 Å². The van der Waals surface area contributed by atoms with Gasteiger partial charge in [0.05, 0.1) is 6.07 Å². The van der Waals surface area contributed by atoms with E-state index in [9.17, 15) is 10.1 Å². The highest BCUT2D eigenvalue weighted by Crippen LogP contribution is 2.45. The predicted octanol–water partition coefficient (Wildman–Crippen LogP) is 5.00. The lowest BCUT2D eigenvalue weighted by molar-refractivity contribution is -0.125. The predicted molar refractivity (Wildman–Crippen MR) is 80.9 cm³/mol. The van der Waals surface area contributed by atoms with Crippen molar-refractivity contribution in [3.63, 3.8) is 0 Å². The first-order chi connectivity index (χ1) is 9.36. The molecule has 0 amide bonds. The molecule has 2 rings (SSSR count). The fourth-order valence-electron chi connectivity index (χ4n) is 3.08. The Labute approximate surface area is 129 Å². The quantitative estimate of drug-likeness (QED) is 0.788. The summed E-state index contributed by atoms with van der Waals surface area (Å²) in [6, 6.07) is 7.04. The molecular weight excluding hydrogens is 293 g/mol. The Morgan fingerprint density at radius 2 is 2.15 bits per heavy atom. The lowest BCUT2D eigenvalue weighted by atomic mass is 9.75. The van der Waals surface area contributed by atoms with Gasteiger partial charge in [0.1, 0.15) is 5.92 Å². The van der Waals surface area contributed by atoms with Crippen molar-refractivity contribution in [2.24, 2.45) is 11.3 Å². The minimum absolute atomic E-state index is 0.0146. The van der Waals surface area contributed by atoms with Gasteiger partial charge in [0.25, 0.3) is 0 Å². The van der Waals surface area contributed by atoms with Crippen LogP contribution in [0.15, 0.2) is 18.2 Å². The van der Waals surface area contributed by atoms with Gasteiger partial charge < -0.3 is 0 Å². The Morgan fingerprint density at radius 1 is 1.45 bits per heavy atom. The number of carbonyl (C=O) groups excluding carboxylic acids is 1. The fourth-order valence-corrected chi connectivity index (χ4v) is 3.59. The molecule has 0 saturated heterocycles. The van der Waals surface area contributed by atoms with Crippen LogP contribution in [0.3, 0.4) is 0 Å². The van der Waals surface area contributed by atoms with Gasteiger partial charge >= 0.3 is 0 Å². The smallest absolute Gasteiger partial charge is 0.158 e. The van der Waals surface area contributed by atoms with E-state index in [1.807, 2.05) is 0 Å². The molecule has 1 aliphatic rings. The lowest BCUT2D eigenvalue weighted by Gasteiger charge is -2.27. The maximum Gasteiger partial charge on any atom is 0.158 e. The molecule has 2 unspecified atom stereocenters. The average molecular weight is 310 g/mol. The fraction of sp³-hybridized carbons (Fsp3) is 0.500.